The van der Waals surface area contributed by atoms with Gasteiger partial charge < -0.3 is 14.2 Å². The Morgan fingerprint density at radius 3 is 2.48 bits per heavy atom. The van der Waals surface area contributed by atoms with Gasteiger partial charge in [0.15, 0.2) is 5.76 Å². The molecule has 0 radical (unpaired) electrons. The standard InChI is InChI=1S/C22H24N2O3/c1-2-18-6-5-15-24(18)21(25)17-9-7-16(8-10-17)19-11-12-20(27-19)22(26)23-13-3-4-14-23/h5-12,18H,2-4,13-15H2,1H3/t18-/m1/s1. The summed E-state index contributed by atoms with van der Waals surface area (Å²) in [7, 11) is 0. The number of amides is 2. The second-order valence-electron chi connectivity index (χ2n) is 7.10. The highest BCUT2D eigenvalue weighted by Gasteiger charge is 2.25. The fourth-order valence-corrected chi connectivity index (χ4v) is 3.79. The first-order valence-electron chi connectivity index (χ1n) is 9.64. The van der Waals surface area contributed by atoms with Gasteiger partial charge in [-0.15, -0.1) is 0 Å². The zero-order valence-electron chi connectivity index (χ0n) is 15.6. The van der Waals surface area contributed by atoms with Crippen molar-refractivity contribution in [3.8, 4) is 11.3 Å². The molecule has 1 saturated heterocycles. The quantitative estimate of drug-likeness (QED) is 0.771. The molecule has 1 fully saturated rings. The smallest absolute Gasteiger partial charge is 0.289 e. The number of likely N-dealkylation sites (tertiary alicyclic amines) is 1. The van der Waals surface area contributed by atoms with Crippen molar-refractivity contribution in [3.63, 3.8) is 0 Å². The Bertz CT molecular complexity index is 860. The zero-order valence-corrected chi connectivity index (χ0v) is 15.6. The Labute approximate surface area is 159 Å². The molecular formula is C22H24N2O3. The fourth-order valence-electron chi connectivity index (χ4n) is 3.79. The summed E-state index contributed by atoms with van der Waals surface area (Å²) in [5.74, 6) is 1.02. The second-order valence-corrected chi connectivity index (χ2v) is 7.10. The van der Waals surface area contributed by atoms with E-state index in [0.717, 1.165) is 37.9 Å². The number of hydrogen-bond acceptors (Lipinski definition) is 3. The Morgan fingerprint density at radius 1 is 1.04 bits per heavy atom. The number of carbonyl (C=O) groups excluding carboxylic acids is 2. The van der Waals surface area contributed by atoms with Gasteiger partial charge in [0.25, 0.3) is 11.8 Å². The maximum atomic E-state index is 12.7. The average Bonchev–Trinajstić information content (AvgIpc) is 3.48. The van der Waals surface area contributed by atoms with Crippen LogP contribution in [0.1, 0.15) is 47.1 Å². The molecule has 0 spiro atoms. The molecule has 0 saturated carbocycles. The highest BCUT2D eigenvalue weighted by molar-refractivity contribution is 5.95. The summed E-state index contributed by atoms with van der Waals surface area (Å²) in [6.45, 7) is 4.35. The average molecular weight is 364 g/mol. The van der Waals surface area contributed by atoms with E-state index in [1.807, 2.05) is 46.2 Å². The number of benzene rings is 1. The maximum absolute atomic E-state index is 12.7. The van der Waals surface area contributed by atoms with Crippen LogP contribution in [0.2, 0.25) is 0 Å². The van der Waals surface area contributed by atoms with E-state index in [4.69, 9.17) is 4.42 Å². The van der Waals surface area contributed by atoms with Gasteiger partial charge in [0, 0.05) is 30.8 Å². The van der Waals surface area contributed by atoms with Gasteiger partial charge in [0.2, 0.25) is 0 Å². The van der Waals surface area contributed by atoms with Gasteiger partial charge in [-0.1, -0.05) is 31.2 Å². The molecule has 4 rings (SSSR count). The molecule has 0 aliphatic carbocycles. The molecule has 3 heterocycles. The van der Waals surface area contributed by atoms with Crippen LogP contribution < -0.4 is 0 Å². The minimum Gasteiger partial charge on any atom is -0.451 e. The molecule has 2 aliphatic heterocycles. The predicted molar refractivity (Wildman–Crippen MR) is 104 cm³/mol. The van der Waals surface area contributed by atoms with Crippen molar-refractivity contribution < 1.29 is 14.0 Å². The normalized spacial score (nSPS) is 19.1. The van der Waals surface area contributed by atoms with E-state index < -0.39 is 0 Å². The van der Waals surface area contributed by atoms with Crippen molar-refractivity contribution in [2.24, 2.45) is 0 Å². The molecule has 2 aliphatic rings. The molecule has 0 bridgehead atoms. The summed E-state index contributed by atoms with van der Waals surface area (Å²) in [6, 6.07) is 11.1. The fraction of sp³-hybridized carbons (Fsp3) is 0.364. The number of hydrogen-bond donors (Lipinski definition) is 0. The zero-order chi connectivity index (χ0) is 18.8. The third-order valence-electron chi connectivity index (χ3n) is 5.37. The molecule has 27 heavy (non-hydrogen) atoms. The number of furan rings is 1. The van der Waals surface area contributed by atoms with E-state index in [1.165, 1.54) is 0 Å². The van der Waals surface area contributed by atoms with E-state index in [1.54, 1.807) is 6.07 Å². The highest BCUT2D eigenvalue weighted by Crippen LogP contribution is 2.25. The Kier molecular flexibility index (Phi) is 4.84. The number of nitrogens with zero attached hydrogens (tertiary/aromatic N) is 2. The van der Waals surface area contributed by atoms with Crippen LogP contribution in [0.3, 0.4) is 0 Å². The van der Waals surface area contributed by atoms with Crippen LogP contribution in [0.25, 0.3) is 11.3 Å². The van der Waals surface area contributed by atoms with Crippen molar-refractivity contribution >= 4 is 11.8 Å². The third-order valence-corrected chi connectivity index (χ3v) is 5.37. The van der Waals surface area contributed by atoms with E-state index in [-0.39, 0.29) is 17.9 Å². The van der Waals surface area contributed by atoms with Gasteiger partial charge in [0.1, 0.15) is 5.76 Å². The van der Waals surface area contributed by atoms with E-state index in [0.29, 0.717) is 23.6 Å². The van der Waals surface area contributed by atoms with Crippen LogP contribution >= 0.6 is 0 Å². The molecule has 2 amide bonds. The summed E-state index contributed by atoms with van der Waals surface area (Å²) < 4.78 is 5.78. The van der Waals surface area contributed by atoms with Crippen molar-refractivity contribution in [1.82, 2.24) is 9.80 Å². The topological polar surface area (TPSA) is 53.8 Å². The Morgan fingerprint density at radius 2 is 1.78 bits per heavy atom. The lowest BCUT2D eigenvalue weighted by molar-refractivity contribution is 0.0745. The molecule has 2 aromatic rings. The molecule has 5 heteroatoms. The van der Waals surface area contributed by atoms with Gasteiger partial charge in [-0.3, -0.25) is 9.59 Å². The summed E-state index contributed by atoms with van der Waals surface area (Å²) >= 11 is 0. The van der Waals surface area contributed by atoms with Crippen LogP contribution in [0.4, 0.5) is 0 Å². The first-order chi connectivity index (χ1) is 13.2. The van der Waals surface area contributed by atoms with E-state index >= 15 is 0 Å². The summed E-state index contributed by atoms with van der Waals surface area (Å²) in [4.78, 5) is 28.8. The number of rotatable bonds is 4. The Hall–Kier alpha value is -2.82. The van der Waals surface area contributed by atoms with Crippen molar-refractivity contribution in [2.45, 2.75) is 32.2 Å². The van der Waals surface area contributed by atoms with Crippen LogP contribution in [-0.4, -0.2) is 47.3 Å². The van der Waals surface area contributed by atoms with Gasteiger partial charge >= 0.3 is 0 Å². The molecule has 140 valence electrons. The monoisotopic (exact) mass is 364 g/mol. The minimum atomic E-state index is -0.0438. The lowest BCUT2D eigenvalue weighted by Crippen LogP contribution is -2.35. The largest absolute Gasteiger partial charge is 0.451 e. The van der Waals surface area contributed by atoms with E-state index in [9.17, 15) is 9.59 Å². The highest BCUT2D eigenvalue weighted by atomic mass is 16.4. The van der Waals surface area contributed by atoms with Crippen molar-refractivity contribution in [3.05, 3.63) is 59.9 Å². The lowest BCUT2D eigenvalue weighted by atomic mass is 10.1. The molecule has 1 aromatic heterocycles. The molecule has 1 aromatic carbocycles. The number of carbonyl (C=O) groups is 2. The second kappa shape index (κ2) is 7.43. The summed E-state index contributed by atoms with van der Waals surface area (Å²) in [6.07, 6.45) is 7.16. The van der Waals surface area contributed by atoms with Gasteiger partial charge in [-0.2, -0.15) is 0 Å². The molecular weight excluding hydrogens is 340 g/mol. The van der Waals surface area contributed by atoms with Crippen LogP contribution in [0.15, 0.2) is 53.0 Å². The van der Waals surface area contributed by atoms with E-state index in [2.05, 4.69) is 13.0 Å². The Balaban J connectivity index is 1.48. The maximum Gasteiger partial charge on any atom is 0.289 e. The first kappa shape index (κ1) is 17.6. The molecule has 1 atom stereocenters. The van der Waals surface area contributed by atoms with Crippen molar-refractivity contribution in [1.29, 1.82) is 0 Å². The van der Waals surface area contributed by atoms with Gasteiger partial charge in [0.05, 0.1) is 6.04 Å². The van der Waals surface area contributed by atoms with Gasteiger partial charge in [-0.25, -0.2) is 0 Å². The van der Waals surface area contributed by atoms with Crippen LogP contribution in [-0.2, 0) is 0 Å². The lowest BCUT2D eigenvalue weighted by Gasteiger charge is -2.23. The molecule has 0 unspecified atom stereocenters. The SMILES string of the molecule is CC[C@@H]1C=CCN1C(=O)c1ccc(-c2ccc(C(=O)N3CCCC3)o2)cc1. The summed E-state index contributed by atoms with van der Waals surface area (Å²) in [5, 5.41) is 0. The minimum absolute atomic E-state index is 0.0438. The van der Waals surface area contributed by atoms with Gasteiger partial charge in [-0.05, 0) is 43.5 Å². The molecule has 5 nitrogen and oxygen atoms in total. The van der Waals surface area contributed by atoms with Crippen molar-refractivity contribution in [2.75, 3.05) is 19.6 Å². The summed E-state index contributed by atoms with van der Waals surface area (Å²) in [5.41, 5.74) is 1.53. The van der Waals surface area contributed by atoms with Crippen LogP contribution in [0, 0.1) is 0 Å². The molecule has 0 N–H and O–H groups in total. The van der Waals surface area contributed by atoms with Crippen LogP contribution in [0.5, 0.6) is 0 Å². The predicted octanol–water partition coefficient (Wildman–Crippen LogP) is 3.97. The first-order valence-corrected chi connectivity index (χ1v) is 9.64. The third kappa shape index (κ3) is 3.42.